The van der Waals surface area contributed by atoms with Crippen molar-refractivity contribution in [3.63, 3.8) is 0 Å². The Bertz CT molecular complexity index is 190. The molecule has 17 heavy (non-hydrogen) atoms. The van der Waals surface area contributed by atoms with Crippen molar-refractivity contribution in [3.8, 4) is 0 Å². The van der Waals surface area contributed by atoms with Crippen LogP contribution in [-0.2, 0) is 0 Å². The highest BCUT2D eigenvalue weighted by molar-refractivity contribution is 6.35. The van der Waals surface area contributed by atoms with E-state index in [9.17, 15) is 0 Å². The lowest BCUT2D eigenvalue weighted by molar-refractivity contribution is 0.342. The van der Waals surface area contributed by atoms with Crippen molar-refractivity contribution in [1.82, 2.24) is 0 Å². The Labute approximate surface area is 110 Å². The fourth-order valence-corrected chi connectivity index (χ4v) is 3.35. The molecule has 0 aromatic heterocycles. The minimum Gasteiger partial charge on any atom is -0.0917 e. The molecule has 4 unspecified atom stereocenters. The summed E-state index contributed by atoms with van der Waals surface area (Å²) in [5, 5.41) is 0. The van der Waals surface area contributed by atoms with Gasteiger partial charge in [-0.1, -0.05) is 84.8 Å². The highest BCUT2D eigenvalue weighted by Crippen LogP contribution is 2.32. The molecule has 0 N–H and O–H groups in total. The van der Waals surface area contributed by atoms with Crippen molar-refractivity contribution in [2.75, 3.05) is 0 Å². The molecule has 1 saturated carbocycles. The Kier molecular flexibility index (Phi) is 7.31. The normalized spacial score (nSPS) is 37.9. The second-order valence-electron chi connectivity index (χ2n) is 6.62. The van der Waals surface area contributed by atoms with Crippen molar-refractivity contribution < 1.29 is 0 Å². The number of hydrogen-bond acceptors (Lipinski definition) is 0. The van der Waals surface area contributed by atoms with Crippen LogP contribution in [0.1, 0.15) is 72.1 Å². The van der Waals surface area contributed by atoms with Crippen molar-refractivity contribution in [2.45, 2.75) is 84.8 Å². The average molecular weight is 235 g/mol. The van der Waals surface area contributed by atoms with Gasteiger partial charge in [0.1, 0.15) is 7.28 Å². The van der Waals surface area contributed by atoms with Gasteiger partial charge in [0, 0.05) is 0 Å². The van der Waals surface area contributed by atoms with Gasteiger partial charge in [0.25, 0.3) is 0 Å². The van der Waals surface area contributed by atoms with E-state index in [1.807, 2.05) is 0 Å². The summed E-state index contributed by atoms with van der Waals surface area (Å²) in [6.07, 6.45) is 11.6. The Morgan fingerprint density at radius 1 is 0.706 bits per heavy atom. The molecule has 99 valence electrons. The first-order valence-electron chi connectivity index (χ1n) is 7.93. The monoisotopic (exact) mass is 235 g/mol. The first kappa shape index (κ1) is 15.1. The zero-order chi connectivity index (χ0) is 12.7. The van der Waals surface area contributed by atoms with Crippen LogP contribution in [-0.4, -0.2) is 7.28 Å². The summed E-state index contributed by atoms with van der Waals surface area (Å²) in [6, 6.07) is 0. The van der Waals surface area contributed by atoms with Gasteiger partial charge in [-0.15, -0.1) is 0 Å². The third kappa shape index (κ3) is 5.97. The summed E-state index contributed by atoms with van der Waals surface area (Å²) in [5.74, 6) is 3.67. The lowest BCUT2D eigenvalue weighted by atomic mass is 9.58. The second-order valence-corrected chi connectivity index (χ2v) is 6.62. The van der Waals surface area contributed by atoms with Crippen LogP contribution >= 0.6 is 0 Å². The Hall–Kier alpha value is 0.0649. The molecule has 0 spiro atoms. The maximum absolute atomic E-state index is 2.46. The molecule has 0 aromatic carbocycles. The van der Waals surface area contributed by atoms with E-state index in [0.29, 0.717) is 0 Å². The number of hydrogen-bond donors (Lipinski definition) is 0. The standard InChI is InChI=1S/C16H32B/c1-13-7-5-8-14(2)11-12-15(3)16(17-4)10-6-9-13/h13-16H,5-12H2,1-4H3. The summed E-state index contributed by atoms with van der Waals surface area (Å²) < 4.78 is 0. The topological polar surface area (TPSA) is 0 Å². The van der Waals surface area contributed by atoms with E-state index in [4.69, 9.17) is 0 Å². The molecule has 1 radical (unpaired) electrons. The molecule has 0 nitrogen and oxygen atoms in total. The SMILES string of the molecule is C[B]C1CCCC(C)CCCC(C)CCC1C. The molecule has 1 fully saturated rings. The summed E-state index contributed by atoms with van der Waals surface area (Å²) in [7, 11) is 2.46. The quantitative estimate of drug-likeness (QED) is 0.521. The van der Waals surface area contributed by atoms with Gasteiger partial charge in [-0.05, 0) is 17.8 Å². The highest BCUT2D eigenvalue weighted by atomic mass is 14.2. The molecule has 0 saturated heterocycles. The zero-order valence-corrected chi connectivity index (χ0v) is 12.5. The first-order chi connectivity index (χ1) is 8.13. The predicted octanol–water partition coefficient (Wildman–Crippen LogP) is 5.57. The fourth-order valence-electron chi connectivity index (χ4n) is 3.35. The predicted molar refractivity (Wildman–Crippen MR) is 79.8 cm³/mol. The van der Waals surface area contributed by atoms with Gasteiger partial charge in [-0.25, -0.2) is 0 Å². The lowest BCUT2D eigenvalue weighted by Crippen LogP contribution is -2.13. The highest BCUT2D eigenvalue weighted by Gasteiger charge is 2.18. The van der Waals surface area contributed by atoms with Crippen molar-refractivity contribution in [1.29, 1.82) is 0 Å². The van der Waals surface area contributed by atoms with E-state index in [-0.39, 0.29) is 0 Å². The summed E-state index contributed by atoms with van der Waals surface area (Å²) in [6.45, 7) is 9.63. The minimum absolute atomic E-state index is 0.869. The van der Waals surface area contributed by atoms with Crippen molar-refractivity contribution >= 4 is 7.28 Å². The van der Waals surface area contributed by atoms with Gasteiger partial charge < -0.3 is 0 Å². The van der Waals surface area contributed by atoms with E-state index in [1.165, 1.54) is 51.4 Å². The largest absolute Gasteiger partial charge is 0.110 e. The minimum atomic E-state index is 0.869. The van der Waals surface area contributed by atoms with Crippen molar-refractivity contribution in [3.05, 3.63) is 0 Å². The molecule has 0 aliphatic heterocycles. The molecule has 0 heterocycles. The molecular weight excluding hydrogens is 203 g/mol. The van der Waals surface area contributed by atoms with Gasteiger partial charge in [-0.3, -0.25) is 0 Å². The second kappa shape index (κ2) is 8.22. The molecule has 1 rings (SSSR count). The summed E-state index contributed by atoms with van der Waals surface area (Å²) in [5.41, 5.74) is 0. The summed E-state index contributed by atoms with van der Waals surface area (Å²) in [4.78, 5) is 0. The lowest BCUT2D eigenvalue weighted by Gasteiger charge is -2.25. The van der Waals surface area contributed by atoms with Crippen LogP contribution in [0.3, 0.4) is 0 Å². The van der Waals surface area contributed by atoms with Crippen LogP contribution in [0.25, 0.3) is 0 Å². The maximum atomic E-state index is 2.46. The molecule has 0 amide bonds. The molecular formula is C16H32B. The van der Waals surface area contributed by atoms with Crippen LogP contribution in [0, 0.1) is 17.8 Å². The summed E-state index contributed by atoms with van der Waals surface area (Å²) >= 11 is 0. The maximum Gasteiger partial charge on any atom is 0.110 e. The molecule has 0 aromatic rings. The van der Waals surface area contributed by atoms with Crippen LogP contribution in [0.4, 0.5) is 0 Å². The Morgan fingerprint density at radius 3 is 1.82 bits per heavy atom. The van der Waals surface area contributed by atoms with E-state index in [2.05, 4.69) is 34.9 Å². The van der Waals surface area contributed by atoms with E-state index >= 15 is 0 Å². The van der Waals surface area contributed by atoms with E-state index < -0.39 is 0 Å². The molecule has 1 heteroatoms. The van der Waals surface area contributed by atoms with Crippen LogP contribution in [0.15, 0.2) is 0 Å². The number of rotatable bonds is 1. The Balaban J connectivity index is 2.47. The smallest absolute Gasteiger partial charge is 0.0917 e. The zero-order valence-electron chi connectivity index (χ0n) is 12.5. The molecule has 4 atom stereocenters. The fraction of sp³-hybridized carbons (Fsp3) is 1.00. The van der Waals surface area contributed by atoms with Gasteiger partial charge >= 0.3 is 0 Å². The van der Waals surface area contributed by atoms with Crippen LogP contribution in [0.5, 0.6) is 0 Å². The van der Waals surface area contributed by atoms with Gasteiger partial charge in [0.05, 0.1) is 0 Å². The average Bonchev–Trinajstić information content (AvgIpc) is 2.30. The Morgan fingerprint density at radius 2 is 1.24 bits per heavy atom. The van der Waals surface area contributed by atoms with Gasteiger partial charge in [0.2, 0.25) is 0 Å². The first-order valence-corrected chi connectivity index (χ1v) is 7.93. The van der Waals surface area contributed by atoms with Crippen LogP contribution < -0.4 is 0 Å². The third-order valence-corrected chi connectivity index (χ3v) is 4.90. The van der Waals surface area contributed by atoms with Gasteiger partial charge in [0.15, 0.2) is 0 Å². The molecule has 1 aliphatic rings. The van der Waals surface area contributed by atoms with E-state index in [0.717, 1.165) is 23.6 Å². The third-order valence-electron chi connectivity index (χ3n) is 4.90. The van der Waals surface area contributed by atoms with Crippen LogP contribution in [0.2, 0.25) is 12.6 Å². The molecule has 0 bridgehead atoms. The van der Waals surface area contributed by atoms with E-state index in [1.54, 1.807) is 0 Å². The van der Waals surface area contributed by atoms with Gasteiger partial charge in [-0.2, -0.15) is 0 Å². The van der Waals surface area contributed by atoms with Crippen molar-refractivity contribution in [2.24, 2.45) is 17.8 Å². The molecule has 1 aliphatic carbocycles.